The summed E-state index contributed by atoms with van der Waals surface area (Å²) >= 11 is 0. The van der Waals surface area contributed by atoms with Gasteiger partial charge >= 0.3 is 0 Å². The first-order chi connectivity index (χ1) is 26.8. The van der Waals surface area contributed by atoms with E-state index in [0.717, 1.165) is 17.1 Å². The zero-order chi connectivity index (χ0) is 35.8. The Morgan fingerprint density at radius 3 is 1.59 bits per heavy atom. The minimum absolute atomic E-state index is 1.10. The molecule has 0 saturated heterocycles. The number of rotatable bonds is 7. The molecule has 2 heteroatoms. The lowest BCUT2D eigenvalue weighted by Gasteiger charge is -2.26. The quantitative estimate of drug-likeness (QED) is 0.162. The fourth-order valence-electron chi connectivity index (χ4n) is 8.08. The molecule has 0 radical (unpaired) electrons. The van der Waals surface area contributed by atoms with Crippen LogP contribution < -0.4 is 4.90 Å². The van der Waals surface area contributed by atoms with Crippen LogP contribution in [0.1, 0.15) is 0 Å². The normalized spacial score (nSPS) is 11.3. The van der Waals surface area contributed by atoms with Gasteiger partial charge in [-0.1, -0.05) is 158 Å². The largest absolute Gasteiger partial charge is 0.310 e. The maximum Gasteiger partial charge on any atom is 0.0541 e. The lowest BCUT2D eigenvalue weighted by Crippen LogP contribution is -2.09. The molecule has 54 heavy (non-hydrogen) atoms. The Balaban J connectivity index is 1.03. The van der Waals surface area contributed by atoms with Gasteiger partial charge in [-0.25, -0.2) is 0 Å². The van der Waals surface area contributed by atoms with Crippen molar-refractivity contribution in [2.24, 2.45) is 0 Å². The topological polar surface area (TPSA) is 8.17 Å². The average Bonchev–Trinajstić information content (AvgIpc) is 3.59. The molecule has 254 valence electrons. The summed E-state index contributed by atoms with van der Waals surface area (Å²) in [5, 5.41) is 5.03. The molecule has 0 amide bonds. The summed E-state index contributed by atoms with van der Waals surface area (Å²) in [4.78, 5) is 2.34. The second-order valence-electron chi connectivity index (χ2n) is 13.8. The monoisotopic (exact) mass is 688 g/mol. The van der Waals surface area contributed by atoms with E-state index in [1.165, 1.54) is 71.6 Å². The summed E-state index contributed by atoms with van der Waals surface area (Å²) in [6.07, 6.45) is 0. The minimum atomic E-state index is 1.10. The fraction of sp³-hybridized carbons (Fsp3) is 0. The molecule has 0 atom stereocenters. The number of aromatic nitrogens is 1. The molecule has 0 spiro atoms. The highest BCUT2D eigenvalue weighted by molar-refractivity contribution is 6.09. The third-order valence-corrected chi connectivity index (χ3v) is 10.6. The van der Waals surface area contributed by atoms with Crippen molar-refractivity contribution in [3.05, 3.63) is 218 Å². The lowest BCUT2D eigenvalue weighted by atomic mass is 9.97. The standard InChI is InChI=1S/C52H36N2/c1-2-20-42(21-3-1)53(44-22-13-19-41(36-44)46-27-14-16-38-15-4-5-23-45(38)46)43-33-31-37(32-34-43)39-17-12-18-40(35-39)47-24-6-9-28-50(47)54-51-29-10-7-25-48(51)49-26-8-11-30-52(49)54/h1-36H. The van der Waals surface area contributed by atoms with Crippen LogP contribution in [0.5, 0.6) is 0 Å². The number of fused-ring (bicyclic) bond motifs is 4. The molecule has 0 aliphatic rings. The first-order valence-corrected chi connectivity index (χ1v) is 18.5. The molecule has 0 bridgehead atoms. The van der Waals surface area contributed by atoms with E-state index in [1.807, 2.05) is 0 Å². The van der Waals surface area contributed by atoms with Gasteiger partial charge in [-0.15, -0.1) is 0 Å². The molecule has 10 aromatic rings. The summed E-state index contributed by atoms with van der Waals surface area (Å²) < 4.78 is 2.41. The van der Waals surface area contributed by atoms with Crippen LogP contribution in [-0.2, 0) is 0 Å². The Bertz CT molecular complexity index is 2880. The van der Waals surface area contributed by atoms with E-state index in [-0.39, 0.29) is 0 Å². The maximum atomic E-state index is 2.41. The van der Waals surface area contributed by atoms with Gasteiger partial charge in [0.15, 0.2) is 0 Å². The highest BCUT2D eigenvalue weighted by atomic mass is 15.1. The number of benzene rings is 9. The van der Waals surface area contributed by atoms with E-state index in [4.69, 9.17) is 0 Å². The van der Waals surface area contributed by atoms with E-state index in [9.17, 15) is 0 Å². The number of anilines is 3. The average molecular weight is 689 g/mol. The number of nitrogens with zero attached hydrogens (tertiary/aromatic N) is 2. The molecule has 0 aliphatic heterocycles. The Kier molecular flexibility index (Phi) is 7.85. The van der Waals surface area contributed by atoms with Crippen molar-refractivity contribution >= 4 is 49.6 Å². The molecule has 1 aromatic heterocycles. The van der Waals surface area contributed by atoms with E-state index < -0.39 is 0 Å². The Morgan fingerprint density at radius 1 is 0.296 bits per heavy atom. The number of hydrogen-bond donors (Lipinski definition) is 0. The van der Waals surface area contributed by atoms with E-state index in [1.54, 1.807) is 0 Å². The summed E-state index contributed by atoms with van der Waals surface area (Å²) in [5.74, 6) is 0. The third-order valence-electron chi connectivity index (χ3n) is 10.6. The summed E-state index contributed by atoms with van der Waals surface area (Å²) in [5.41, 5.74) is 14.1. The van der Waals surface area contributed by atoms with Crippen LogP contribution in [0.4, 0.5) is 17.1 Å². The van der Waals surface area contributed by atoms with Crippen LogP contribution in [-0.4, -0.2) is 4.57 Å². The zero-order valence-corrected chi connectivity index (χ0v) is 29.7. The van der Waals surface area contributed by atoms with Crippen molar-refractivity contribution in [1.29, 1.82) is 0 Å². The van der Waals surface area contributed by atoms with Gasteiger partial charge in [-0.05, 0) is 99.3 Å². The molecule has 0 unspecified atom stereocenters. The molecule has 0 aliphatic carbocycles. The molecule has 0 fully saturated rings. The Labute approximate surface area is 315 Å². The molecular weight excluding hydrogens is 653 g/mol. The van der Waals surface area contributed by atoms with Crippen LogP contribution in [0.3, 0.4) is 0 Å². The van der Waals surface area contributed by atoms with E-state index in [2.05, 4.69) is 228 Å². The zero-order valence-electron chi connectivity index (χ0n) is 29.7. The fourth-order valence-corrected chi connectivity index (χ4v) is 8.08. The number of hydrogen-bond acceptors (Lipinski definition) is 1. The predicted molar refractivity (Wildman–Crippen MR) is 229 cm³/mol. The SMILES string of the molecule is c1ccc(N(c2ccc(-c3cccc(-c4ccccc4-n4c5ccccc5c5ccccc54)c3)cc2)c2cccc(-c3cccc4ccccc34)c2)cc1. The van der Waals surface area contributed by atoms with Crippen molar-refractivity contribution in [3.8, 4) is 39.1 Å². The van der Waals surface area contributed by atoms with E-state index in [0.29, 0.717) is 0 Å². The van der Waals surface area contributed by atoms with Crippen molar-refractivity contribution in [1.82, 2.24) is 4.57 Å². The second kappa shape index (κ2) is 13.4. The highest BCUT2D eigenvalue weighted by Gasteiger charge is 2.17. The summed E-state index contributed by atoms with van der Waals surface area (Å²) in [6.45, 7) is 0. The Morgan fingerprint density at radius 2 is 0.815 bits per heavy atom. The molecular formula is C52H36N2. The summed E-state index contributed by atoms with van der Waals surface area (Å²) in [7, 11) is 0. The first-order valence-electron chi connectivity index (χ1n) is 18.5. The van der Waals surface area contributed by atoms with Crippen LogP contribution >= 0.6 is 0 Å². The molecule has 0 N–H and O–H groups in total. The number of para-hydroxylation sites is 4. The van der Waals surface area contributed by atoms with Gasteiger partial charge in [-0.3, -0.25) is 0 Å². The van der Waals surface area contributed by atoms with Gasteiger partial charge in [0.2, 0.25) is 0 Å². The molecule has 1 heterocycles. The highest BCUT2D eigenvalue weighted by Crippen LogP contribution is 2.40. The molecule has 9 aromatic carbocycles. The molecule has 2 nitrogen and oxygen atoms in total. The van der Waals surface area contributed by atoms with Crippen LogP contribution in [0.2, 0.25) is 0 Å². The van der Waals surface area contributed by atoms with Crippen LogP contribution in [0.25, 0.3) is 71.6 Å². The second-order valence-corrected chi connectivity index (χ2v) is 13.8. The lowest BCUT2D eigenvalue weighted by molar-refractivity contribution is 1.18. The van der Waals surface area contributed by atoms with Gasteiger partial charge in [0, 0.05) is 33.4 Å². The Hall–Kier alpha value is -7.16. The van der Waals surface area contributed by atoms with Crippen molar-refractivity contribution in [2.45, 2.75) is 0 Å². The first kappa shape index (κ1) is 31.6. The van der Waals surface area contributed by atoms with Crippen LogP contribution in [0.15, 0.2) is 218 Å². The van der Waals surface area contributed by atoms with Crippen molar-refractivity contribution in [2.75, 3.05) is 4.90 Å². The predicted octanol–water partition coefficient (Wildman–Crippen LogP) is 14.4. The van der Waals surface area contributed by atoms with Gasteiger partial charge in [-0.2, -0.15) is 0 Å². The van der Waals surface area contributed by atoms with Crippen LogP contribution in [0, 0.1) is 0 Å². The van der Waals surface area contributed by atoms with Gasteiger partial charge in [0.1, 0.15) is 0 Å². The van der Waals surface area contributed by atoms with Gasteiger partial charge < -0.3 is 9.47 Å². The van der Waals surface area contributed by atoms with Crippen molar-refractivity contribution < 1.29 is 0 Å². The maximum absolute atomic E-state index is 2.41. The third kappa shape index (κ3) is 5.53. The van der Waals surface area contributed by atoms with Crippen molar-refractivity contribution in [3.63, 3.8) is 0 Å². The molecule has 10 rings (SSSR count). The summed E-state index contributed by atoms with van der Waals surface area (Å²) in [6, 6.07) is 78.8. The van der Waals surface area contributed by atoms with Gasteiger partial charge in [0.05, 0.1) is 16.7 Å². The minimum Gasteiger partial charge on any atom is -0.310 e. The van der Waals surface area contributed by atoms with E-state index >= 15 is 0 Å². The van der Waals surface area contributed by atoms with Gasteiger partial charge in [0.25, 0.3) is 0 Å². The molecule has 0 saturated carbocycles. The smallest absolute Gasteiger partial charge is 0.0541 e.